The van der Waals surface area contributed by atoms with E-state index in [2.05, 4.69) is 15.0 Å². The Bertz CT molecular complexity index is 524. The molecule has 1 unspecified atom stereocenters. The van der Waals surface area contributed by atoms with Crippen LogP contribution in [0.5, 0.6) is 0 Å². The summed E-state index contributed by atoms with van der Waals surface area (Å²) in [4.78, 5) is 8.23. The highest BCUT2D eigenvalue weighted by Gasteiger charge is 2.15. The van der Waals surface area contributed by atoms with Gasteiger partial charge in [0.25, 0.3) is 5.22 Å². The lowest BCUT2D eigenvalue weighted by atomic mass is 10.4. The van der Waals surface area contributed by atoms with Gasteiger partial charge in [-0.15, -0.1) is 0 Å². The van der Waals surface area contributed by atoms with Gasteiger partial charge in [0.15, 0.2) is 11.6 Å². The molecule has 0 amide bonds. The molecule has 9 heteroatoms. The first-order chi connectivity index (χ1) is 8.95. The number of oxime groups is 1. The van der Waals surface area contributed by atoms with Crippen molar-refractivity contribution in [3.63, 3.8) is 0 Å². The van der Waals surface area contributed by atoms with Crippen LogP contribution in [-0.4, -0.2) is 27.8 Å². The monoisotopic (exact) mass is 296 g/mol. The van der Waals surface area contributed by atoms with Crippen LogP contribution in [0.15, 0.2) is 32.9 Å². The fourth-order valence-electron chi connectivity index (χ4n) is 1.08. The standard InChI is InChI=1S/C10H11F3N2O3S/c1-6(15-17-2)8-5-14-10(18-8)19(16)4-3-7(11)9(12)13/h5H,3-4H2,1-2H3/b15-6+. The van der Waals surface area contributed by atoms with Crippen molar-refractivity contribution in [1.29, 1.82) is 0 Å². The molecule has 0 aliphatic heterocycles. The first kappa shape index (κ1) is 15.4. The lowest BCUT2D eigenvalue weighted by molar-refractivity contribution is 0.212. The van der Waals surface area contributed by atoms with Gasteiger partial charge in [0.2, 0.25) is 0 Å². The topological polar surface area (TPSA) is 64.7 Å². The number of oxazole rings is 1. The molecule has 0 radical (unpaired) electrons. The molecule has 0 bridgehead atoms. The second-order valence-corrected chi connectivity index (χ2v) is 4.76. The quantitative estimate of drug-likeness (QED) is 0.598. The highest BCUT2D eigenvalue weighted by Crippen LogP contribution is 2.16. The zero-order chi connectivity index (χ0) is 14.4. The summed E-state index contributed by atoms with van der Waals surface area (Å²) in [6, 6.07) is 0. The van der Waals surface area contributed by atoms with Crippen molar-refractivity contribution in [3.8, 4) is 0 Å². The van der Waals surface area contributed by atoms with Crippen LogP contribution in [0, 0.1) is 0 Å². The van der Waals surface area contributed by atoms with Crippen LogP contribution >= 0.6 is 0 Å². The smallest absolute Gasteiger partial charge is 0.301 e. The fraction of sp³-hybridized carbons (Fsp3) is 0.400. The van der Waals surface area contributed by atoms with E-state index in [1.807, 2.05) is 0 Å². The highest BCUT2D eigenvalue weighted by atomic mass is 32.2. The molecule has 0 N–H and O–H groups in total. The van der Waals surface area contributed by atoms with E-state index in [1.165, 1.54) is 13.3 Å². The molecule has 0 fully saturated rings. The number of nitrogens with zero attached hydrogens (tertiary/aromatic N) is 2. The van der Waals surface area contributed by atoms with E-state index in [0.717, 1.165) is 0 Å². The molecule has 1 aromatic heterocycles. The van der Waals surface area contributed by atoms with Crippen molar-refractivity contribution >= 4 is 16.5 Å². The van der Waals surface area contributed by atoms with E-state index in [0.29, 0.717) is 5.71 Å². The van der Waals surface area contributed by atoms with E-state index in [-0.39, 0.29) is 16.7 Å². The average molecular weight is 296 g/mol. The zero-order valence-corrected chi connectivity index (χ0v) is 11.0. The summed E-state index contributed by atoms with van der Waals surface area (Å²) in [6.45, 7) is 1.58. The Hall–Kier alpha value is -1.64. The Balaban J connectivity index is 2.69. The minimum absolute atomic E-state index is 0.173. The van der Waals surface area contributed by atoms with Gasteiger partial charge in [-0.25, -0.2) is 13.6 Å². The van der Waals surface area contributed by atoms with E-state index < -0.39 is 29.1 Å². The van der Waals surface area contributed by atoms with Gasteiger partial charge in [0, 0.05) is 12.2 Å². The number of aromatic nitrogens is 1. The van der Waals surface area contributed by atoms with E-state index in [4.69, 9.17) is 4.42 Å². The van der Waals surface area contributed by atoms with Crippen LogP contribution in [0.2, 0.25) is 0 Å². The van der Waals surface area contributed by atoms with Crippen LogP contribution in [0.4, 0.5) is 13.2 Å². The second kappa shape index (κ2) is 7.07. The number of rotatable bonds is 6. The normalized spacial score (nSPS) is 13.2. The van der Waals surface area contributed by atoms with E-state index >= 15 is 0 Å². The number of halogens is 3. The van der Waals surface area contributed by atoms with Crippen molar-refractivity contribution in [2.24, 2.45) is 5.16 Å². The van der Waals surface area contributed by atoms with Gasteiger partial charge in [0.1, 0.15) is 23.6 Å². The van der Waals surface area contributed by atoms with Gasteiger partial charge in [-0.3, -0.25) is 0 Å². The summed E-state index contributed by atoms with van der Waals surface area (Å²) in [5.74, 6) is -1.70. The van der Waals surface area contributed by atoms with E-state index in [9.17, 15) is 17.4 Å². The summed E-state index contributed by atoms with van der Waals surface area (Å²) in [5, 5.41) is 3.41. The molecule has 0 aliphatic rings. The van der Waals surface area contributed by atoms with Crippen molar-refractivity contribution in [1.82, 2.24) is 4.98 Å². The minimum Gasteiger partial charge on any atom is -0.428 e. The Morgan fingerprint density at radius 2 is 2.21 bits per heavy atom. The van der Waals surface area contributed by atoms with Crippen LogP contribution in [0.25, 0.3) is 0 Å². The van der Waals surface area contributed by atoms with Crippen LogP contribution in [0.3, 0.4) is 0 Å². The zero-order valence-electron chi connectivity index (χ0n) is 10.2. The Morgan fingerprint density at radius 3 is 2.79 bits per heavy atom. The molecule has 0 aromatic carbocycles. The molecule has 1 atom stereocenters. The third kappa shape index (κ3) is 4.51. The van der Waals surface area contributed by atoms with Gasteiger partial charge in [-0.05, 0) is 6.92 Å². The molecule has 0 saturated carbocycles. The lowest BCUT2D eigenvalue weighted by Crippen LogP contribution is -1.99. The van der Waals surface area contributed by atoms with Crippen molar-refractivity contribution < 1.29 is 26.6 Å². The Morgan fingerprint density at radius 1 is 1.53 bits per heavy atom. The average Bonchev–Trinajstić information content (AvgIpc) is 2.85. The second-order valence-electron chi connectivity index (χ2n) is 3.31. The molecule has 19 heavy (non-hydrogen) atoms. The van der Waals surface area contributed by atoms with Crippen molar-refractivity contribution in [2.75, 3.05) is 12.9 Å². The van der Waals surface area contributed by atoms with Gasteiger partial charge >= 0.3 is 6.08 Å². The predicted octanol–water partition coefficient (Wildman–Crippen LogP) is 2.62. The fourth-order valence-corrected chi connectivity index (χ4v) is 1.97. The molecule has 5 nitrogen and oxygen atoms in total. The summed E-state index contributed by atoms with van der Waals surface area (Å²) >= 11 is 0. The number of hydrogen-bond acceptors (Lipinski definition) is 5. The van der Waals surface area contributed by atoms with Crippen LogP contribution < -0.4 is 0 Å². The first-order valence-electron chi connectivity index (χ1n) is 5.07. The lowest BCUT2D eigenvalue weighted by Gasteiger charge is -1.96. The third-order valence-electron chi connectivity index (χ3n) is 1.98. The van der Waals surface area contributed by atoms with Crippen LogP contribution in [0.1, 0.15) is 19.1 Å². The largest absolute Gasteiger partial charge is 0.428 e. The first-order valence-corrected chi connectivity index (χ1v) is 6.39. The van der Waals surface area contributed by atoms with Crippen LogP contribution in [-0.2, 0) is 15.6 Å². The van der Waals surface area contributed by atoms with Gasteiger partial charge < -0.3 is 9.25 Å². The molecule has 106 valence electrons. The molecule has 0 aliphatic carbocycles. The SMILES string of the molecule is CO/N=C(\C)c1cnc(S(=O)CCC(F)=C(F)F)o1. The molecule has 1 rings (SSSR count). The maximum absolute atomic E-state index is 12.5. The summed E-state index contributed by atoms with van der Waals surface area (Å²) in [6.07, 6.45) is -1.78. The molecule has 1 aromatic rings. The third-order valence-corrected chi connectivity index (χ3v) is 3.13. The van der Waals surface area contributed by atoms with Gasteiger partial charge in [-0.1, -0.05) is 5.16 Å². The van der Waals surface area contributed by atoms with Crippen molar-refractivity contribution in [3.05, 3.63) is 23.9 Å². The molecule has 0 saturated heterocycles. The maximum Gasteiger partial charge on any atom is 0.301 e. The Labute approximate surface area is 109 Å². The molecular formula is C10H11F3N2O3S. The van der Waals surface area contributed by atoms with E-state index in [1.54, 1.807) is 6.92 Å². The summed E-state index contributed by atoms with van der Waals surface area (Å²) in [5.41, 5.74) is 0.374. The van der Waals surface area contributed by atoms with Crippen molar-refractivity contribution in [2.45, 2.75) is 18.6 Å². The predicted molar refractivity (Wildman–Crippen MR) is 62.0 cm³/mol. The molecular weight excluding hydrogens is 285 g/mol. The number of hydrogen-bond donors (Lipinski definition) is 0. The Kier molecular flexibility index (Phi) is 5.74. The summed E-state index contributed by atoms with van der Waals surface area (Å²) < 4.78 is 52.9. The minimum atomic E-state index is -2.41. The molecule has 1 heterocycles. The summed E-state index contributed by atoms with van der Waals surface area (Å²) in [7, 11) is -0.454. The van der Waals surface area contributed by atoms with Gasteiger partial charge in [0.05, 0.1) is 6.20 Å². The molecule has 0 spiro atoms. The highest BCUT2D eigenvalue weighted by molar-refractivity contribution is 7.84. The maximum atomic E-state index is 12.5. The van der Waals surface area contributed by atoms with Gasteiger partial charge in [-0.2, -0.15) is 8.78 Å². The number of allylic oxidation sites excluding steroid dienone is 1.